The van der Waals surface area contributed by atoms with Gasteiger partial charge in [0.05, 0.1) is 13.7 Å². The molecule has 0 amide bonds. The van der Waals surface area contributed by atoms with E-state index in [0.29, 0.717) is 16.9 Å². The fraction of sp³-hybridized carbons (Fsp3) is 0.462. The van der Waals surface area contributed by atoms with E-state index in [9.17, 15) is 13.2 Å². The van der Waals surface area contributed by atoms with Crippen LogP contribution in [0.1, 0.15) is 18.1 Å². The Balaban J connectivity index is 2.98. The molecule has 112 valence electrons. The molecular weight excluding hydrogens is 289 g/mol. The minimum absolute atomic E-state index is 0.121. The van der Waals surface area contributed by atoms with Crippen LogP contribution in [0.3, 0.4) is 0 Å². The zero-order chi connectivity index (χ0) is 15.3. The third-order valence-corrected chi connectivity index (χ3v) is 3.04. The lowest BCUT2D eigenvalue weighted by atomic mass is 10.1. The molecule has 0 spiro atoms. The van der Waals surface area contributed by atoms with E-state index in [1.807, 2.05) is 0 Å². The van der Waals surface area contributed by atoms with Gasteiger partial charge in [0, 0.05) is 17.7 Å². The predicted octanol–water partition coefficient (Wildman–Crippen LogP) is 2.71. The first kappa shape index (κ1) is 16.7. The number of benzene rings is 1. The summed E-state index contributed by atoms with van der Waals surface area (Å²) in [6.07, 6.45) is -4.23. The summed E-state index contributed by atoms with van der Waals surface area (Å²) in [6.45, 7) is 1.11. The average Bonchev–Trinajstić information content (AvgIpc) is 2.36. The van der Waals surface area contributed by atoms with Crippen molar-refractivity contribution in [1.29, 1.82) is 0 Å². The summed E-state index contributed by atoms with van der Waals surface area (Å²) in [5, 5.41) is 0. The van der Waals surface area contributed by atoms with E-state index < -0.39 is 12.7 Å². The van der Waals surface area contributed by atoms with E-state index >= 15 is 0 Å². The summed E-state index contributed by atoms with van der Waals surface area (Å²) >= 11 is 4.87. The maximum Gasteiger partial charge on any atom is 0.401 e. The van der Waals surface area contributed by atoms with Gasteiger partial charge in [-0.1, -0.05) is 19.1 Å². The number of alkyl halides is 3. The first-order chi connectivity index (χ1) is 9.26. The molecule has 0 aliphatic heterocycles. The minimum atomic E-state index is -4.23. The van der Waals surface area contributed by atoms with Gasteiger partial charge >= 0.3 is 6.18 Å². The second kappa shape index (κ2) is 6.90. The van der Waals surface area contributed by atoms with E-state index in [2.05, 4.69) is 0 Å². The van der Waals surface area contributed by atoms with Gasteiger partial charge in [-0.3, -0.25) is 4.90 Å². The lowest BCUT2D eigenvalue weighted by molar-refractivity contribution is -0.146. The van der Waals surface area contributed by atoms with Crippen LogP contribution in [0.4, 0.5) is 13.2 Å². The van der Waals surface area contributed by atoms with Crippen LogP contribution in [0.25, 0.3) is 0 Å². The Kier molecular flexibility index (Phi) is 5.76. The zero-order valence-electron chi connectivity index (χ0n) is 11.3. The summed E-state index contributed by atoms with van der Waals surface area (Å²) in [5.41, 5.74) is 6.77. The molecule has 2 N–H and O–H groups in total. The van der Waals surface area contributed by atoms with Gasteiger partial charge in [-0.15, -0.1) is 0 Å². The topological polar surface area (TPSA) is 38.5 Å². The Bertz CT molecular complexity index is 477. The second-order valence-electron chi connectivity index (χ2n) is 4.31. The Hall–Kier alpha value is -1.34. The van der Waals surface area contributed by atoms with Gasteiger partial charge in [-0.05, 0) is 24.7 Å². The van der Waals surface area contributed by atoms with Crippen molar-refractivity contribution in [2.75, 3.05) is 20.2 Å². The number of hydrogen-bond acceptors (Lipinski definition) is 3. The number of nitrogens with two attached hydrogens (primary N) is 1. The van der Waals surface area contributed by atoms with Crippen molar-refractivity contribution in [3.05, 3.63) is 29.3 Å². The van der Waals surface area contributed by atoms with Gasteiger partial charge in [-0.25, -0.2) is 0 Å². The van der Waals surface area contributed by atoms with Gasteiger partial charge in [0.1, 0.15) is 10.7 Å². The highest BCUT2D eigenvalue weighted by atomic mass is 32.1. The molecule has 1 aromatic carbocycles. The largest absolute Gasteiger partial charge is 0.496 e. The highest BCUT2D eigenvalue weighted by Crippen LogP contribution is 2.24. The average molecular weight is 306 g/mol. The molecule has 0 unspecified atom stereocenters. The quantitative estimate of drug-likeness (QED) is 0.820. The Morgan fingerprint density at radius 2 is 2.05 bits per heavy atom. The number of halogens is 3. The van der Waals surface area contributed by atoms with E-state index in [0.717, 1.165) is 0 Å². The molecule has 0 aromatic heterocycles. The van der Waals surface area contributed by atoms with Crippen LogP contribution in [0.5, 0.6) is 5.75 Å². The smallest absolute Gasteiger partial charge is 0.401 e. The molecule has 0 radical (unpaired) electrons. The maximum absolute atomic E-state index is 12.5. The number of rotatable bonds is 6. The number of methoxy groups -OCH3 is 1. The fourth-order valence-electron chi connectivity index (χ4n) is 1.83. The van der Waals surface area contributed by atoms with Crippen molar-refractivity contribution in [1.82, 2.24) is 4.90 Å². The number of ether oxygens (including phenoxy) is 1. The summed E-state index contributed by atoms with van der Waals surface area (Å²) < 4.78 is 42.6. The molecule has 0 bridgehead atoms. The van der Waals surface area contributed by atoms with Crippen LogP contribution in [0.2, 0.25) is 0 Å². The molecule has 0 aliphatic carbocycles. The van der Waals surface area contributed by atoms with Gasteiger partial charge in [-0.2, -0.15) is 13.2 Å². The van der Waals surface area contributed by atoms with Gasteiger partial charge in [0.25, 0.3) is 0 Å². The molecule has 7 heteroatoms. The minimum Gasteiger partial charge on any atom is -0.496 e. The van der Waals surface area contributed by atoms with Crippen LogP contribution in [-0.4, -0.2) is 36.3 Å². The monoisotopic (exact) mass is 306 g/mol. The fourth-order valence-corrected chi connectivity index (χ4v) is 1.96. The third-order valence-electron chi connectivity index (χ3n) is 2.81. The van der Waals surface area contributed by atoms with E-state index in [4.69, 9.17) is 22.7 Å². The normalized spacial score (nSPS) is 11.7. The second-order valence-corrected chi connectivity index (χ2v) is 4.75. The van der Waals surface area contributed by atoms with Crippen LogP contribution in [0, 0.1) is 0 Å². The summed E-state index contributed by atoms with van der Waals surface area (Å²) in [6, 6.07) is 5.01. The van der Waals surface area contributed by atoms with Crippen LogP contribution in [0.15, 0.2) is 18.2 Å². The number of thiocarbonyl (C=S) groups is 1. The molecule has 20 heavy (non-hydrogen) atoms. The Morgan fingerprint density at radius 3 is 2.50 bits per heavy atom. The maximum atomic E-state index is 12.5. The number of hydrogen-bond donors (Lipinski definition) is 1. The van der Waals surface area contributed by atoms with Gasteiger partial charge in [0.2, 0.25) is 0 Å². The van der Waals surface area contributed by atoms with E-state index in [1.54, 1.807) is 25.1 Å². The summed E-state index contributed by atoms with van der Waals surface area (Å²) in [7, 11) is 1.47. The first-order valence-electron chi connectivity index (χ1n) is 6.02. The van der Waals surface area contributed by atoms with Crippen LogP contribution in [-0.2, 0) is 6.54 Å². The molecule has 0 aliphatic rings. The number of nitrogens with zero attached hydrogens (tertiary/aromatic N) is 1. The SMILES string of the molecule is CCN(Cc1cc(C(N)=S)ccc1OC)CC(F)(F)F. The Labute approximate surface area is 121 Å². The van der Waals surface area contributed by atoms with E-state index in [1.165, 1.54) is 12.0 Å². The molecule has 0 saturated carbocycles. The molecule has 0 atom stereocenters. The first-order valence-corrected chi connectivity index (χ1v) is 6.43. The summed E-state index contributed by atoms with van der Waals surface area (Å²) in [4.78, 5) is 1.48. The van der Waals surface area contributed by atoms with Crippen molar-refractivity contribution in [2.24, 2.45) is 5.73 Å². The highest BCUT2D eigenvalue weighted by molar-refractivity contribution is 7.80. The van der Waals surface area contributed by atoms with E-state index in [-0.39, 0.29) is 18.1 Å². The lowest BCUT2D eigenvalue weighted by Crippen LogP contribution is -2.33. The van der Waals surface area contributed by atoms with Crippen molar-refractivity contribution in [2.45, 2.75) is 19.6 Å². The van der Waals surface area contributed by atoms with Crippen LogP contribution < -0.4 is 10.5 Å². The van der Waals surface area contributed by atoms with Crippen molar-refractivity contribution >= 4 is 17.2 Å². The van der Waals surface area contributed by atoms with Gasteiger partial charge in [0.15, 0.2) is 0 Å². The van der Waals surface area contributed by atoms with Crippen molar-refractivity contribution in [3.8, 4) is 5.75 Å². The van der Waals surface area contributed by atoms with Gasteiger partial charge < -0.3 is 10.5 Å². The molecule has 0 saturated heterocycles. The molecule has 1 rings (SSSR count). The predicted molar refractivity (Wildman–Crippen MR) is 75.9 cm³/mol. The highest BCUT2D eigenvalue weighted by Gasteiger charge is 2.30. The molecular formula is C13H17F3N2OS. The molecule has 1 aromatic rings. The third kappa shape index (κ3) is 4.97. The lowest BCUT2D eigenvalue weighted by Gasteiger charge is -2.23. The molecule has 0 fully saturated rings. The van der Waals surface area contributed by atoms with Crippen LogP contribution >= 0.6 is 12.2 Å². The summed E-state index contributed by atoms with van der Waals surface area (Å²) in [5.74, 6) is 0.519. The van der Waals surface area contributed by atoms with Crippen molar-refractivity contribution in [3.63, 3.8) is 0 Å². The zero-order valence-corrected chi connectivity index (χ0v) is 12.1. The van der Waals surface area contributed by atoms with Crippen molar-refractivity contribution < 1.29 is 17.9 Å². The standard InChI is InChI=1S/C13H17F3N2OS/c1-3-18(8-13(14,15)16)7-10-6-9(12(17)20)4-5-11(10)19-2/h4-6H,3,7-8H2,1-2H3,(H2,17,20). The molecule has 0 heterocycles. The Morgan fingerprint density at radius 1 is 1.40 bits per heavy atom. The molecule has 3 nitrogen and oxygen atoms in total.